The molecule has 0 aromatic heterocycles. The lowest BCUT2D eigenvalue weighted by atomic mass is 9.92. The number of rotatable bonds is 6. The Kier molecular flexibility index (Phi) is 7.53. The van der Waals surface area contributed by atoms with Crippen molar-refractivity contribution in [2.24, 2.45) is 0 Å². The third kappa shape index (κ3) is 5.64. The van der Waals surface area contributed by atoms with E-state index in [0.717, 1.165) is 23.3 Å². The van der Waals surface area contributed by atoms with E-state index in [1.165, 1.54) is 43.5 Å². The molecule has 1 aliphatic rings. The largest absolute Gasteiger partial charge is 0.493 e. The Bertz CT molecular complexity index is 1230. The first-order valence-corrected chi connectivity index (χ1v) is 11.5. The van der Waals surface area contributed by atoms with Crippen LogP contribution in [-0.4, -0.2) is 37.4 Å². The molecule has 1 aliphatic heterocycles. The number of fused-ring (bicyclic) bond motifs is 1. The maximum absolute atomic E-state index is 13.3. The summed E-state index contributed by atoms with van der Waals surface area (Å²) in [6.45, 7) is 0.642. The number of nitrogens with zero attached hydrogens (tertiary/aromatic N) is 1. The fraction of sp³-hybridized carbons (Fsp3) is 0.269. The topological polar surface area (TPSA) is 43.0 Å². The predicted octanol–water partition coefficient (Wildman–Crippen LogP) is 6.24. The van der Waals surface area contributed by atoms with Gasteiger partial charge in [0.05, 0.1) is 25.8 Å². The smallest absolute Gasteiger partial charge is 0.416 e. The number of hydrogen-bond donors (Lipinski definition) is 1. The molecule has 0 unspecified atom stereocenters. The Balaban J connectivity index is 1.64. The second kappa shape index (κ2) is 10.6. The SMILES string of the molecule is COc1cc2c(cc1OC)[C@H](COc1ccc(F)cc1)N(C(=S)Nc1cccc(C(F)(F)F)c1)CC2. The molecule has 1 N–H and O–H groups in total. The van der Waals surface area contributed by atoms with Crippen LogP contribution in [0.4, 0.5) is 23.2 Å². The Morgan fingerprint density at radius 1 is 1.03 bits per heavy atom. The first kappa shape index (κ1) is 25.6. The molecule has 0 fully saturated rings. The van der Waals surface area contributed by atoms with E-state index in [2.05, 4.69) is 5.32 Å². The predicted molar refractivity (Wildman–Crippen MR) is 132 cm³/mol. The van der Waals surface area contributed by atoms with Gasteiger partial charge in [-0.05, 0) is 84.4 Å². The number of alkyl halides is 3. The van der Waals surface area contributed by atoms with Crippen molar-refractivity contribution in [3.63, 3.8) is 0 Å². The molecular formula is C26H24F4N2O3S. The lowest BCUT2D eigenvalue weighted by Gasteiger charge is -2.39. The van der Waals surface area contributed by atoms with Gasteiger partial charge in [-0.3, -0.25) is 0 Å². The summed E-state index contributed by atoms with van der Waals surface area (Å²) < 4.78 is 69.7. The summed E-state index contributed by atoms with van der Waals surface area (Å²) in [4.78, 5) is 1.87. The summed E-state index contributed by atoms with van der Waals surface area (Å²) in [5, 5.41) is 3.19. The zero-order valence-electron chi connectivity index (χ0n) is 19.6. The zero-order chi connectivity index (χ0) is 25.9. The lowest BCUT2D eigenvalue weighted by Crippen LogP contribution is -2.44. The summed E-state index contributed by atoms with van der Waals surface area (Å²) in [6.07, 6.45) is -3.85. The zero-order valence-corrected chi connectivity index (χ0v) is 20.4. The van der Waals surface area contributed by atoms with E-state index in [9.17, 15) is 17.6 Å². The molecule has 1 atom stereocenters. The second-order valence-corrected chi connectivity index (χ2v) is 8.53. The molecule has 3 aromatic rings. The first-order chi connectivity index (χ1) is 17.2. The van der Waals surface area contributed by atoms with Crippen molar-refractivity contribution in [2.75, 3.05) is 32.7 Å². The normalized spacial score (nSPS) is 15.2. The fourth-order valence-electron chi connectivity index (χ4n) is 4.13. The summed E-state index contributed by atoms with van der Waals surface area (Å²) in [6, 6.07) is 13.9. The molecule has 36 heavy (non-hydrogen) atoms. The van der Waals surface area contributed by atoms with Crippen LogP contribution in [0.2, 0.25) is 0 Å². The summed E-state index contributed by atoms with van der Waals surface area (Å²) in [5.74, 6) is 1.21. The summed E-state index contributed by atoms with van der Waals surface area (Å²) >= 11 is 5.63. The second-order valence-electron chi connectivity index (χ2n) is 8.14. The van der Waals surface area contributed by atoms with Crippen LogP contribution in [-0.2, 0) is 12.6 Å². The fourth-order valence-corrected chi connectivity index (χ4v) is 4.46. The summed E-state index contributed by atoms with van der Waals surface area (Å²) in [7, 11) is 3.09. The van der Waals surface area contributed by atoms with Crippen LogP contribution in [0.5, 0.6) is 17.2 Å². The van der Waals surface area contributed by atoms with Crippen LogP contribution in [0.1, 0.15) is 22.7 Å². The maximum Gasteiger partial charge on any atom is 0.416 e. The Labute approximate surface area is 211 Å². The number of benzene rings is 3. The molecule has 0 bridgehead atoms. The van der Waals surface area contributed by atoms with Gasteiger partial charge in [0.2, 0.25) is 0 Å². The van der Waals surface area contributed by atoms with Gasteiger partial charge in [0.1, 0.15) is 18.2 Å². The average Bonchev–Trinajstić information content (AvgIpc) is 2.86. The van der Waals surface area contributed by atoms with Crippen molar-refractivity contribution < 1.29 is 31.8 Å². The molecule has 0 aliphatic carbocycles. The van der Waals surface area contributed by atoms with Crippen LogP contribution < -0.4 is 19.5 Å². The molecule has 3 aromatic carbocycles. The van der Waals surface area contributed by atoms with E-state index in [1.54, 1.807) is 7.11 Å². The highest BCUT2D eigenvalue weighted by Gasteiger charge is 2.33. The van der Waals surface area contributed by atoms with Gasteiger partial charge in [-0.25, -0.2) is 4.39 Å². The monoisotopic (exact) mass is 520 g/mol. The molecule has 0 amide bonds. The minimum Gasteiger partial charge on any atom is -0.493 e. The number of anilines is 1. The van der Waals surface area contributed by atoms with E-state index in [4.69, 9.17) is 26.4 Å². The summed E-state index contributed by atoms with van der Waals surface area (Å²) in [5.41, 5.74) is 1.35. The standard InChI is InChI=1S/C26H24F4N2O3S/c1-33-23-12-16-10-11-32(25(36)31-19-5-3-4-17(13-19)26(28,29)30)22(21(16)14-24(23)34-2)15-35-20-8-6-18(27)7-9-20/h3-9,12-14,22H,10-11,15H2,1-2H3,(H,31,36)/t22-/m0/s1. The number of hydrogen-bond acceptors (Lipinski definition) is 4. The highest BCUT2D eigenvalue weighted by atomic mass is 32.1. The van der Waals surface area contributed by atoms with Crippen molar-refractivity contribution in [1.82, 2.24) is 4.90 Å². The van der Waals surface area contributed by atoms with Gasteiger partial charge in [0, 0.05) is 12.2 Å². The number of nitrogens with one attached hydrogen (secondary N) is 1. The van der Waals surface area contributed by atoms with E-state index >= 15 is 0 Å². The maximum atomic E-state index is 13.3. The molecule has 10 heteroatoms. The quantitative estimate of drug-likeness (QED) is 0.307. The molecule has 0 radical (unpaired) electrons. The molecule has 0 saturated carbocycles. The molecule has 0 saturated heterocycles. The van der Waals surface area contributed by atoms with Crippen LogP contribution in [0.15, 0.2) is 60.7 Å². The minimum absolute atomic E-state index is 0.151. The number of halogens is 4. The van der Waals surface area contributed by atoms with E-state index < -0.39 is 17.8 Å². The molecule has 5 nitrogen and oxygen atoms in total. The van der Waals surface area contributed by atoms with E-state index in [1.807, 2.05) is 17.0 Å². The third-order valence-electron chi connectivity index (χ3n) is 5.93. The van der Waals surface area contributed by atoms with Crippen molar-refractivity contribution in [3.8, 4) is 17.2 Å². The molecular weight excluding hydrogens is 496 g/mol. The Hall–Kier alpha value is -3.53. The van der Waals surface area contributed by atoms with Crippen molar-refractivity contribution in [2.45, 2.75) is 18.6 Å². The number of methoxy groups -OCH3 is 2. The molecule has 190 valence electrons. The van der Waals surface area contributed by atoms with Crippen molar-refractivity contribution >= 4 is 23.0 Å². The highest BCUT2D eigenvalue weighted by molar-refractivity contribution is 7.80. The van der Waals surface area contributed by atoms with Gasteiger partial charge in [0.15, 0.2) is 16.6 Å². The average molecular weight is 521 g/mol. The van der Waals surface area contributed by atoms with Crippen LogP contribution >= 0.6 is 12.2 Å². The van der Waals surface area contributed by atoms with Crippen molar-refractivity contribution in [1.29, 1.82) is 0 Å². The third-order valence-corrected chi connectivity index (χ3v) is 6.26. The minimum atomic E-state index is -4.47. The molecule has 0 spiro atoms. The van der Waals surface area contributed by atoms with Crippen LogP contribution in [0.3, 0.4) is 0 Å². The molecule has 4 rings (SSSR count). The van der Waals surface area contributed by atoms with Crippen molar-refractivity contribution in [3.05, 3.63) is 83.2 Å². The first-order valence-electron chi connectivity index (χ1n) is 11.1. The van der Waals surface area contributed by atoms with Crippen LogP contribution in [0, 0.1) is 5.82 Å². The van der Waals surface area contributed by atoms with Gasteiger partial charge in [0.25, 0.3) is 0 Å². The van der Waals surface area contributed by atoms with Gasteiger partial charge in [-0.2, -0.15) is 13.2 Å². The number of ether oxygens (including phenoxy) is 3. The number of thiocarbonyl (C=S) groups is 1. The van der Waals surface area contributed by atoms with Gasteiger partial charge < -0.3 is 24.4 Å². The van der Waals surface area contributed by atoms with Gasteiger partial charge in [-0.1, -0.05) is 6.07 Å². The van der Waals surface area contributed by atoms with E-state index in [0.29, 0.717) is 30.2 Å². The highest BCUT2D eigenvalue weighted by Crippen LogP contribution is 2.39. The van der Waals surface area contributed by atoms with Gasteiger partial charge in [-0.15, -0.1) is 0 Å². The van der Waals surface area contributed by atoms with E-state index in [-0.39, 0.29) is 23.2 Å². The lowest BCUT2D eigenvalue weighted by molar-refractivity contribution is -0.137. The Morgan fingerprint density at radius 2 is 1.72 bits per heavy atom. The van der Waals surface area contributed by atoms with Gasteiger partial charge >= 0.3 is 6.18 Å². The van der Waals surface area contributed by atoms with Crippen LogP contribution in [0.25, 0.3) is 0 Å². The molecule has 1 heterocycles. The Morgan fingerprint density at radius 3 is 2.39 bits per heavy atom.